The Labute approximate surface area is 218 Å². The molecule has 0 amide bonds. The highest BCUT2D eigenvalue weighted by molar-refractivity contribution is 5.68. The van der Waals surface area contributed by atoms with Crippen LogP contribution in [-0.4, -0.2) is 15.7 Å². The molecule has 1 aliphatic carbocycles. The average molecular weight is 482 g/mol. The van der Waals surface area contributed by atoms with Gasteiger partial charge in [-0.05, 0) is 91.0 Å². The van der Waals surface area contributed by atoms with Crippen LogP contribution in [0.25, 0.3) is 17.2 Å². The van der Waals surface area contributed by atoms with Crippen molar-refractivity contribution in [2.45, 2.75) is 97.0 Å². The third kappa shape index (κ3) is 5.34. The molecular formula is C34H43NO. The lowest BCUT2D eigenvalue weighted by molar-refractivity contribution is 0.0521. The van der Waals surface area contributed by atoms with Gasteiger partial charge < -0.3 is 5.11 Å². The number of benzene rings is 2. The number of aromatic nitrogens is 1. The molecule has 0 aliphatic heterocycles. The molecule has 0 radical (unpaired) electrons. The molecule has 0 unspecified atom stereocenters. The zero-order valence-electron chi connectivity index (χ0n) is 22.9. The Morgan fingerprint density at radius 2 is 1.53 bits per heavy atom. The Morgan fingerprint density at radius 3 is 2.14 bits per heavy atom. The van der Waals surface area contributed by atoms with Crippen LogP contribution in [0.15, 0.2) is 60.9 Å². The summed E-state index contributed by atoms with van der Waals surface area (Å²) >= 11 is 0. The first-order valence-electron chi connectivity index (χ1n) is 13.9. The van der Waals surface area contributed by atoms with Crippen molar-refractivity contribution in [3.8, 4) is 11.1 Å². The first kappa shape index (κ1) is 26.4. The van der Waals surface area contributed by atoms with Gasteiger partial charge >= 0.3 is 0 Å². The van der Waals surface area contributed by atoms with Gasteiger partial charge in [0.15, 0.2) is 0 Å². The highest BCUT2D eigenvalue weighted by Gasteiger charge is 2.31. The third-order valence-electron chi connectivity index (χ3n) is 8.62. The predicted molar refractivity (Wildman–Crippen MR) is 153 cm³/mol. The molecule has 1 heterocycles. The van der Waals surface area contributed by atoms with E-state index in [1.165, 1.54) is 50.9 Å². The minimum absolute atomic E-state index is 0.0264. The maximum atomic E-state index is 10.9. The highest BCUT2D eigenvalue weighted by atomic mass is 16.3. The van der Waals surface area contributed by atoms with E-state index in [4.69, 9.17) is 0 Å². The quantitative estimate of drug-likeness (QED) is 0.349. The summed E-state index contributed by atoms with van der Waals surface area (Å²) < 4.78 is 0. The summed E-state index contributed by atoms with van der Waals surface area (Å²) in [6, 6.07) is 16.2. The summed E-state index contributed by atoms with van der Waals surface area (Å²) in [7, 11) is 0. The lowest BCUT2D eigenvalue weighted by atomic mass is 9.69. The average Bonchev–Trinajstić information content (AvgIpc) is 2.90. The maximum absolute atomic E-state index is 10.9. The van der Waals surface area contributed by atoms with E-state index in [9.17, 15) is 5.11 Å². The van der Waals surface area contributed by atoms with E-state index < -0.39 is 5.60 Å². The standard InChI is InChI=1S/C34H43NO/c1-6-27-22-29(24-35-23-27)32-15-14-31(21-26(32)5)34(7-2,8-3)30-13-12-28(25(4)20-30)16-19-33(36)17-10-9-11-18-33/h12-16,19-24,36H,6-11,17-18H2,1-5H3. The van der Waals surface area contributed by atoms with Crippen molar-refractivity contribution < 1.29 is 5.11 Å². The predicted octanol–water partition coefficient (Wildman–Crippen LogP) is 8.74. The van der Waals surface area contributed by atoms with Gasteiger partial charge in [0.05, 0.1) is 5.60 Å². The fourth-order valence-electron chi connectivity index (χ4n) is 6.08. The van der Waals surface area contributed by atoms with Crippen molar-refractivity contribution in [1.82, 2.24) is 4.98 Å². The monoisotopic (exact) mass is 481 g/mol. The SMILES string of the molecule is CCc1cncc(-c2ccc(C(CC)(CC)c3ccc(C=CC4(O)CCCCC4)c(C)c3)cc2C)c1. The normalized spacial score (nSPS) is 15.9. The molecule has 4 rings (SSSR count). The number of pyridine rings is 1. The van der Waals surface area contributed by atoms with Crippen LogP contribution in [0.5, 0.6) is 0 Å². The molecule has 2 heteroatoms. The minimum atomic E-state index is -0.634. The second-order valence-electron chi connectivity index (χ2n) is 10.8. The van der Waals surface area contributed by atoms with Gasteiger partial charge in [0.1, 0.15) is 0 Å². The largest absolute Gasteiger partial charge is 0.386 e. The van der Waals surface area contributed by atoms with Gasteiger partial charge in [-0.3, -0.25) is 4.98 Å². The van der Waals surface area contributed by atoms with Crippen LogP contribution in [0.4, 0.5) is 0 Å². The van der Waals surface area contributed by atoms with E-state index >= 15 is 0 Å². The lowest BCUT2D eigenvalue weighted by Gasteiger charge is -2.34. The topological polar surface area (TPSA) is 33.1 Å². The molecule has 36 heavy (non-hydrogen) atoms. The van der Waals surface area contributed by atoms with Crippen molar-refractivity contribution in [2.24, 2.45) is 0 Å². The molecule has 1 aromatic heterocycles. The zero-order valence-corrected chi connectivity index (χ0v) is 22.9. The van der Waals surface area contributed by atoms with Gasteiger partial charge in [-0.1, -0.05) is 88.6 Å². The zero-order chi connectivity index (χ0) is 25.8. The van der Waals surface area contributed by atoms with Gasteiger partial charge in [-0.15, -0.1) is 0 Å². The Kier molecular flexibility index (Phi) is 8.15. The Balaban J connectivity index is 1.66. The van der Waals surface area contributed by atoms with Crippen LogP contribution in [-0.2, 0) is 11.8 Å². The molecule has 1 N–H and O–H groups in total. The van der Waals surface area contributed by atoms with Crippen molar-refractivity contribution in [2.75, 3.05) is 0 Å². The number of rotatable bonds is 8. The fourth-order valence-corrected chi connectivity index (χ4v) is 6.08. The summed E-state index contributed by atoms with van der Waals surface area (Å²) in [5.74, 6) is 0. The number of hydrogen-bond donors (Lipinski definition) is 1. The van der Waals surface area contributed by atoms with E-state index in [0.717, 1.165) is 44.9 Å². The van der Waals surface area contributed by atoms with Gasteiger partial charge in [0.25, 0.3) is 0 Å². The first-order valence-corrected chi connectivity index (χ1v) is 13.9. The smallest absolute Gasteiger partial charge is 0.0830 e. The molecule has 1 aliphatic rings. The van der Waals surface area contributed by atoms with Crippen LogP contribution in [0.3, 0.4) is 0 Å². The number of hydrogen-bond acceptors (Lipinski definition) is 2. The van der Waals surface area contributed by atoms with E-state index in [-0.39, 0.29) is 5.41 Å². The van der Waals surface area contributed by atoms with Crippen LogP contribution in [0.1, 0.15) is 99.1 Å². The Bertz CT molecular complexity index is 1210. The van der Waals surface area contributed by atoms with E-state index in [1.807, 2.05) is 18.5 Å². The molecule has 3 aromatic rings. The third-order valence-corrected chi connectivity index (χ3v) is 8.62. The number of aliphatic hydroxyl groups is 1. The van der Waals surface area contributed by atoms with E-state index in [2.05, 4.69) is 88.1 Å². The summed E-state index contributed by atoms with van der Waals surface area (Å²) in [5.41, 5.74) is 9.60. The highest BCUT2D eigenvalue weighted by Crippen LogP contribution is 2.41. The molecule has 2 nitrogen and oxygen atoms in total. The van der Waals surface area contributed by atoms with Crippen molar-refractivity contribution >= 4 is 6.08 Å². The van der Waals surface area contributed by atoms with Gasteiger partial charge in [0.2, 0.25) is 0 Å². The van der Waals surface area contributed by atoms with Crippen molar-refractivity contribution in [3.63, 3.8) is 0 Å². The van der Waals surface area contributed by atoms with Gasteiger partial charge in [0, 0.05) is 23.4 Å². The van der Waals surface area contributed by atoms with Crippen LogP contribution in [0.2, 0.25) is 0 Å². The molecule has 0 atom stereocenters. The molecule has 0 saturated heterocycles. The molecule has 190 valence electrons. The lowest BCUT2D eigenvalue weighted by Crippen LogP contribution is -2.28. The van der Waals surface area contributed by atoms with Crippen LogP contribution >= 0.6 is 0 Å². The summed E-state index contributed by atoms with van der Waals surface area (Å²) in [5, 5.41) is 10.9. The summed E-state index contributed by atoms with van der Waals surface area (Å²) in [6.45, 7) is 11.2. The second-order valence-corrected chi connectivity index (χ2v) is 10.8. The molecule has 0 bridgehead atoms. The molecule has 0 spiro atoms. The van der Waals surface area contributed by atoms with Crippen molar-refractivity contribution in [1.29, 1.82) is 0 Å². The molecular weight excluding hydrogens is 438 g/mol. The summed E-state index contributed by atoms with van der Waals surface area (Å²) in [4.78, 5) is 4.47. The van der Waals surface area contributed by atoms with E-state index in [0.29, 0.717) is 0 Å². The molecule has 1 saturated carbocycles. The van der Waals surface area contributed by atoms with E-state index in [1.54, 1.807) is 0 Å². The van der Waals surface area contributed by atoms with Crippen LogP contribution in [0, 0.1) is 13.8 Å². The Hall–Kier alpha value is -2.71. The van der Waals surface area contributed by atoms with Crippen LogP contribution < -0.4 is 0 Å². The fraction of sp³-hybridized carbons (Fsp3) is 0.441. The molecule has 2 aromatic carbocycles. The minimum Gasteiger partial charge on any atom is -0.386 e. The second kappa shape index (κ2) is 11.1. The Morgan fingerprint density at radius 1 is 0.861 bits per heavy atom. The number of aryl methyl sites for hydroxylation is 3. The number of nitrogens with zero attached hydrogens (tertiary/aromatic N) is 1. The summed E-state index contributed by atoms with van der Waals surface area (Å²) in [6.07, 6.45) is 16.4. The van der Waals surface area contributed by atoms with Crippen molar-refractivity contribution in [3.05, 3.63) is 94.3 Å². The maximum Gasteiger partial charge on any atom is 0.0830 e. The first-order chi connectivity index (χ1) is 17.3. The van der Waals surface area contributed by atoms with Gasteiger partial charge in [-0.2, -0.15) is 0 Å². The van der Waals surface area contributed by atoms with Gasteiger partial charge in [-0.25, -0.2) is 0 Å². The molecule has 1 fully saturated rings.